The highest BCUT2D eigenvalue weighted by Crippen LogP contribution is 2.30. The SMILES string of the molecule is CC(=O)c1c(O)c2cc(C)c(NC(=O)c3ccccc3)cc2[nH]c1=O. The summed E-state index contributed by atoms with van der Waals surface area (Å²) in [5, 5.41) is 13.4. The zero-order valence-electron chi connectivity index (χ0n) is 13.7. The molecule has 0 unspecified atom stereocenters. The average molecular weight is 336 g/mol. The number of aromatic nitrogens is 1. The maximum absolute atomic E-state index is 12.3. The fourth-order valence-corrected chi connectivity index (χ4v) is 2.68. The molecular weight excluding hydrogens is 320 g/mol. The van der Waals surface area contributed by atoms with Crippen molar-refractivity contribution in [3.63, 3.8) is 0 Å². The molecule has 1 aromatic heterocycles. The molecule has 0 aliphatic carbocycles. The van der Waals surface area contributed by atoms with Crippen LogP contribution in [0.1, 0.15) is 33.2 Å². The van der Waals surface area contributed by atoms with Gasteiger partial charge in [-0.2, -0.15) is 0 Å². The fraction of sp³-hybridized carbons (Fsp3) is 0.105. The Bertz CT molecular complexity index is 1050. The molecule has 0 spiro atoms. The third-order valence-electron chi connectivity index (χ3n) is 3.97. The number of hydrogen-bond acceptors (Lipinski definition) is 4. The number of anilines is 1. The number of aromatic hydroxyl groups is 1. The van der Waals surface area contributed by atoms with Crippen LogP contribution in [0.5, 0.6) is 5.75 Å². The Hall–Kier alpha value is -3.41. The van der Waals surface area contributed by atoms with E-state index in [-0.39, 0.29) is 17.2 Å². The minimum absolute atomic E-state index is 0.270. The molecule has 3 rings (SSSR count). The molecule has 3 aromatic rings. The van der Waals surface area contributed by atoms with Gasteiger partial charge in [0.15, 0.2) is 5.78 Å². The van der Waals surface area contributed by atoms with Gasteiger partial charge in [0, 0.05) is 16.6 Å². The Kier molecular flexibility index (Phi) is 4.10. The summed E-state index contributed by atoms with van der Waals surface area (Å²) in [6.45, 7) is 2.98. The van der Waals surface area contributed by atoms with Crippen molar-refractivity contribution in [3.8, 4) is 5.75 Å². The molecule has 25 heavy (non-hydrogen) atoms. The molecule has 0 atom stereocenters. The summed E-state index contributed by atoms with van der Waals surface area (Å²) in [6, 6.07) is 11.9. The fourth-order valence-electron chi connectivity index (χ4n) is 2.68. The molecule has 1 heterocycles. The number of ketones is 1. The molecular formula is C19H16N2O4. The first kappa shape index (κ1) is 16.4. The van der Waals surface area contributed by atoms with Crippen molar-refractivity contribution in [2.75, 3.05) is 5.32 Å². The lowest BCUT2D eigenvalue weighted by molar-refractivity contribution is 0.101. The predicted molar refractivity (Wildman–Crippen MR) is 95.4 cm³/mol. The molecule has 1 amide bonds. The second-order valence-corrected chi connectivity index (χ2v) is 5.77. The second-order valence-electron chi connectivity index (χ2n) is 5.77. The summed E-state index contributed by atoms with van der Waals surface area (Å²) in [7, 11) is 0. The van der Waals surface area contributed by atoms with Crippen molar-refractivity contribution >= 4 is 28.3 Å². The molecule has 0 radical (unpaired) electrons. The van der Waals surface area contributed by atoms with Crippen LogP contribution in [0.2, 0.25) is 0 Å². The van der Waals surface area contributed by atoms with Crippen molar-refractivity contribution in [2.24, 2.45) is 0 Å². The smallest absolute Gasteiger partial charge is 0.263 e. The molecule has 0 fully saturated rings. The van der Waals surface area contributed by atoms with Crippen LogP contribution in [0.15, 0.2) is 47.3 Å². The van der Waals surface area contributed by atoms with Gasteiger partial charge < -0.3 is 15.4 Å². The number of amides is 1. The quantitative estimate of drug-likeness (QED) is 0.640. The Morgan fingerprint density at radius 2 is 1.80 bits per heavy atom. The second kappa shape index (κ2) is 6.24. The molecule has 6 heteroatoms. The number of H-pyrrole nitrogens is 1. The van der Waals surface area contributed by atoms with Gasteiger partial charge in [-0.05, 0) is 43.7 Å². The Labute approximate surface area is 143 Å². The van der Waals surface area contributed by atoms with Gasteiger partial charge in [-0.3, -0.25) is 14.4 Å². The van der Waals surface area contributed by atoms with Crippen LogP contribution in [0, 0.1) is 6.92 Å². The average Bonchev–Trinajstić information content (AvgIpc) is 2.57. The van der Waals surface area contributed by atoms with Gasteiger partial charge in [-0.25, -0.2) is 0 Å². The first-order valence-electron chi connectivity index (χ1n) is 7.65. The third kappa shape index (κ3) is 3.01. The number of carbonyl (C=O) groups is 2. The number of hydrogen-bond donors (Lipinski definition) is 3. The zero-order chi connectivity index (χ0) is 18.1. The first-order valence-corrected chi connectivity index (χ1v) is 7.65. The van der Waals surface area contributed by atoms with Crippen LogP contribution >= 0.6 is 0 Å². The van der Waals surface area contributed by atoms with Crippen molar-refractivity contribution < 1.29 is 14.7 Å². The number of Topliss-reactive ketones (excluding diaryl/α,β-unsaturated/α-hetero) is 1. The Morgan fingerprint density at radius 3 is 2.44 bits per heavy atom. The van der Waals surface area contributed by atoms with Crippen molar-refractivity contribution in [1.29, 1.82) is 0 Å². The van der Waals surface area contributed by atoms with Crippen molar-refractivity contribution in [1.82, 2.24) is 4.98 Å². The van der Waals surface area contributed by atoms with Crippen LogP contribution < -0.4 is 10.9 Å². The maximum atomic E-state index is 12.3. The van der Waals surface area contributed by atoms with E-state index in [9.17, 15) is 19.5 Å². The summed E-state index contributed by atoms with van der Waals surface area (Å²) in [5.41, 5.74) is 1.10. The largest absolute Gasteiger partial charge is 0.506 e. The number of aryl methyl sites for hydroxylation is 1. The van der Waals surface area contributed by atoms with E-state index in [1.807, 2.05) is 6.07 Å². The van der Waals surface area contributed by atoms with Gasteiger partial charge in [0.2, 0.25) is 0 Å². The van der Waals surface area contributed by atoms with Crippen molar-refractivity contribution in [2.45, 2.75) is 13.8 Å². The van der Waals surface area contributed by atoms with Gasteiger partial charge in [0.1, 0.15) is 11.3 Å². The number of pyridine rings is 1. The lowest BCUT2D eigenvalue weighted by Crippen LogP contribution is -2.17. The number of rotatable bonds is 3. The summed E-state index contributed by atoms with van der Waals surface area (Å²) in [5.74, 6) is -1.15. The normalized spacial score (nSPS) is 10.6. The molecule has 3 N–H and O–H groups in total. The number of carbonyl (C=O) groups excluding carboxylic acids is 2. The maximum Gasteiger partial charge on any atom is 0.263 e. The highest BCUT2D eigenvalue weighted by atomic mass is 16.3. The van der Waals surface area contributed by atoms with E-state index in [0.717, 1.165) is 0 Å². The monoisotopic (exact) mass is 336 g/mol. The molecule has 0 saturated heterocycles. The lowest BCUT2D eigenvalue weighted by atomic mass is 10.0. The van der Waals surface area contributed by atoms with Crippen LogP contribution in [0.3, 0.4) is 0 Å². The van der Waals surface area contributed by atoms with E-state index in [0.29, 0.717) is 27.7 Å². The molecule has 0 aliphatic rings. The lowest BCUT2D eigenvalue weighted by Gasteiger charge is -2.12. The molecule has 0 bridgehead atoms. The third-order valence-corrected chi connectivity index (χ3v) is 3.97. The predicted octanol–water partition coefficient (Wildman–Crippen LogP) is 3.00. The van der Waals surface area contributed by atoms with Gasteiger partial charge >= 0.3 is 0 Å². The molecule has 0 saturated carbocycles. The topological polar surface area (TPSA) is 99.3 Å². The van der Waals surface area contributed by atoms with Crippen LogP contribution in [0.25, 0.3) is 10.9 Å². The number of aromatic amines is 1. The van der Waals surface area contributed by atoms with Crippen LogP contribution in [-0.2, 0) is 0 Å². The van der Waals surface area contributed by atoms with E-state index in [4.69, 9.17) is 0 Å². The minimum Gasteiger partial charge on any atom is -0.506 e. The number of nitrogens with one attached hydrogen (secondary N) is 2. The van der Waals surface area contributed by atoms with Gasteiger partial charge in [-0.15, -0.1) is 0 Å². The molecule has 2 aromatic carbocycles. The van der Waals surface area contributed by atoms with Gasteiger partial charge in [0.05, 0.1) is 5.52 Å². The van der Waals surface area contributed by atoms with E-state index >= 15 is 0 Å². The summed E-state index contributed by atoms with van der Waals surface area (Å²) >= 11 is 0. The standard InChI is InChI=1S/C19H16N2O4/c1-10-8-13-15(21-19(25)16(11(2)22)17(13)23)9-14(10)20-18(24)12-6-4-3-5-7-12/h3-9H,1-2H3,(H,20,24)(H2,21,23,25). The highest BCUT2D eigenvalue weighted by Gasteiger charge is 2.17. The van der Waals surface area contributed by atoms with Crippen LogP contribution in [-0.4, -0.2) is 21.8 Å². The minimum atomic E-state index is -0.665. The van der Waals surface area contributed by atoms with E-state index in [2.05, 4.69) is 10.3 Å². The Morgan fingerprint density at radius 1 is 1.12 bits per heavy atom. The number of fused-ring (bicyclic) bond motifs is 1. The van der Waals surface area contributed by atoms with Crippen molar-refractivity contribution in [3.05, 3.63) is 69.5 Å². The molecule has 0 aliphatic heterocycles. The highest BCUT2D eigenvalue weighted by molar-refractivity contribution is 6.07. The number of benzene rings is 2. The zero-order valence-corrected chi connectivity index (χ0v) is 13.7. The van der Waals surface area contributed by atoms with E-state index in [1.165, 1.54) is 6.92 Å². The summed E-state index contributed by atoms with van der Waals surface area (Å²) in [4.78, 5) is 38.4. The summed E-state index contributed by atoms with van der Waals surface area (Å²) in [6.07, 6.45) is 0. The van der Waals surface area contributed by atoms with Gasteiger partial charge in [0.25, 0.3) is 11.5 Å². The molecule has 6 nitrogen and oxygen atoms in total. The van der Waals surface area contributed by atoms with E-state index in [1.54, 1.807) is 43.3 Å². The van der Waals surface area contributed by atoms with E-state index < -0.39 is 11.3 Å². The molecule has 126 valence electrons. The Balaban J connectivity index is 2.08. The first-order chi connectivity index (χ1) is 11.9. The van der Waals surface area contributed by atoms with Crippen LogP contribution in [0.4, 0.5) is 5.69 Å². The van der Waals surface area contributed by atoms with Gasteiger partial charge in [-0.1, -0.05) is 18.2 Å². The summed E-state index contributed by atoms with van der Waals surface area (Å²) < 4.78 is 0.